The van der Waals surface area contributed by atoms with E-state index >= 15 is 0 Å². The smallest absolute Gasteiger partial charge is 0.0332 e. The Hall–Kier alpha value is -1.08. The van der Waals surface area contributed by atoms with Gasteiger partial charge < -0.3 is 5.73 Å². The van der Waals surface area contributed by atoms with Crippen molar-refractivity contribution in [3.63, 3.8) is 0 Å². The molecule has 0 bridgehead atoms. The number of hydrogen-bond acceptors (Lipinski definition) is 1. The van der Waals surface area contributed by atoms with Crippen LogP contribution >= 0.6 is 0 Å². The molecule has 0 radical (unpaired) electrons. The average Bonchev–Trinajstić information content (AvgIpc) is 2.10. The Morgan fingerprint density at radius 3 is 2.77 bits per heavy atom. The first-order chi connectivity index (χ1) is 6.16. The van der Waals surface area contributed by atoms with Gasteiger partial charge in [-0.05, 0) is 37.0 Å². The minimum Gasteiger partial charge on any atom is -0.324 e. The monoisotopic (exact) mass is 175 g/mol. The molecule has 1 unspecified atom stereocenters. The third kappa shape index (κ3) is 2.19. The first-order valence-electron chi connectivity index (χ1n) is 4.59. The van der Waals surface area contributed by atoms with Crippen LogP contribution in [0.2, 0.25) is 0 Å². The van der Waals surface area contributed by atoms with Crippen molar-refractivity contribution in [2.75, 3.05) is 0 Å². The Kier molecular flexibility index (Phi) is 3.26. The van der Waals surface area contributed by atoms with E-state index < -0.39 is 0 Å². The highest BCUT2D eigenvalue weighted by Gasteiger charge is 2.07. The van der Waals surface area contributed by atoms with Crippen molar-refractivity contribution in [2.45, 2.75) is 26.3 Å². The zero-order valence-electron chi connectivity index (χ0n) is 8.38. The molecular formula is C12H17N. The quantitative estimate of drug-likeness (QED) is 0.702. The Labute approximate surface area is 80.3 Å². The summed E-state index contributed by atoms with van der Waals surface area (Å²) in [7, 11) is 0. The summed E-state index contributed by atoms with van der Waals surface area (Å²) >= 11 is 0. The van der Waals surface area contributed by atoms with Gasteiger partial charge in [0.15, 0.2) is 0 Å². The second-order valence-electron chi connectivity index (χ2n) is 3.42. The molecule has 1 aromatic rings. The predicted molar refractivity (Wildman–Crippen MR) is 57.7 cm³/mol. The molecule has 1 aromatic carbocycles. The van der Waals surface area contributed by atoms with E-state index in [9.17, 15) is 0 Å². The van der Waals surface area contributed by atoms with Gasteiger partial charge in [-0.15, -0.1) is 6.58 Å². The Balaban J connectivity index is 3.00. The molecule has 0 saturated heterocycles. The Bertz CT molecular complexity index is 302. The third-order valence-electron chi connectivity index (χ3n) is 2.47. The lowest BCUT2D eigenvalue weighted by atomic mass is 9.96. The maximum absolute atomic E-state index is 6.00. The summed E-state index contributed by atoms with van der Waals surface area (Å²) in [4.78, 5) is 0. The van der Waals surface area contributed by atoms with E-state index in [0.29, 0.717) is 0 Å². The van der Waals surface area contributed by atoms with Crippen LogP contribution in [0.5, 0.6) is 0 Å². The highest BCUT2D eigenvalue weighted by molar-refractivity contribution is 5.35. The number of aryl methyl sites for hydroxylation is 1. The fourth-order valence-electron chi connectivity index (χ4n) is 1.48. The molecule has 0 aromatic heterocycles. The first-order valence-corrected chi connectivity index (χ1v) is 4.59. The molecule has 70 valence electrons. The summed E-state index contributed by atoms with van der Waals surface area (Å²) < 4.78 is 0. The zero-order valence-corrected chi connectivity index (χ0v) is 8.38. The minimum absolute atomic E-state index is 0.0948. The number of nitrogens with two attached hydrogens (primary N) is 1. The van der Waals surface area contributed by atoms with Crippen LogP contribution in [0.3, 0.4) is 0 Å². The number of hydrogen-bond donors (Lipinski definition) is 1. The van der Waals surface area contributed by atoms with Gasteiger partial charge in [-0.1, -0.05) is 24.3 Å². The second kappa shape index (κ2) is 4.24. The fraction of sp³-hybridized carbons (Fsp3) is 0.333. The molecule has 0 aliphatic rings. The standard InChI is InChI=1S/C12H17N/c1-4-6-12(13)11-8-5-7-9(2)10(11)3/h4-5,7-8,12H,1,6,13H2,2-3H3. The van der Waals surface area contributed by atoms with Gasteiger partial charge in [0.2, 0.25) is 0 Å². The molecule has 0 saturated carbocycles. The van der Waals surface area contributed by atoms with Crippen molar-refractivity contribution >= 4 is 0 Å². The lowest BCUT2D eigenvalue weighted by molar-refractivity contribution is 0.734. The van der Waals surface area contributed by atoms with Crippen molar-refractivity contribution in [3.05, 3.63) is 47.5 Å². The molecule has 13 heavy (non-hydrogen) atoms. The fourth-order valence-corrected chi connectivity index (χ4v) is 1.48. The van der Waals surface area contributed by atoms with Crippen molar-refractivity contribution in [2.24, 2.45) is 5.73 Å². The molecule has 0 aliphatic carbocycles. The van der Waals surface area contributed by atoms with E-state index in [4.69, 9.17) is 5.73 Å². The van der Waals surface area contributed by atoms with E-state index in [1.807, 2.05) is 6.08 Å². The van der Waals surface area contributed by atoms with Crippen LogP contribution in [-0.2, 0) is 0 Å². The van der Waals surface area contributed by atoms with E-state index in [2.05, 4.69) is 38.6 Å². The van der Waals surface area contributed by atoms with Crippen molar-refractivity contribution < 1.29 is 0 Å². The molecular weight excluding hydrogens is 158 g/mol. The molecule has 1 atom stereocenters. The van der Waals surface area contributed by atoms with Crippen LogP contribution in [0.25, 0.3) is 0 Å². The third-order valence-corrected chi connectivity index (χ3v) is 2.47. The van der Waals surface area contributed by atoms with Crippen molar-refractivity contribution in [1.29, 1.82) is 0 Å². The SMILES string of the molecule is C=CCC(N)c1cccc(C)c1C. The van der Waals surface area contributed by atoms with Crippen LogP contribution < -0.4 is 5.73 Å². The predicted octanol–water partition coefficient (Wildman–Crippen LogP) is 2.88. The summed E-state index contributed by atoms with van der Waals surface area (Å²) in [6.07, 6.45) is 2.71. The molecule has 1 heteroatoms. The summed E-state index contributed by atoms with van der Waals surface area (Å²) in [5.74, 6) is 0. The van der Waals surface area contributed by atoms with Gasteiger partial charge in [0.25, 0.3) is 0 Å². The van der Waals surface area contributed by atoms with E-state index in [1.54, 1.807) is 0 Å². The first kappa shape index (κ1) is 10.0. The van der Waals surface area contributed by atoms with Gasteiger partial charge in [-0.3, -0.25) is 0 Å². The van der Waals surface area contributed by atoms with Crippen molar-refractivity contribution in [3.8, 4) is 0 Å². The molecule has 0 fully saturated rings. The van der Waals surface area contributed by atoms with Gasteiger partial charge in [-0.2, -0.15) is 0 Å². The summed E-state index contributed by atoms with van der Waals surface area (Å²) in [6.45, 7) is 7.93. The lowest BCUT2D eigenvalue weighted by Gasteiger charge is -2.14. The molecule has 1 rings (SSSR count). The summed E-state index contributed by atoms with van der Waals surface area (Å²) in [5, 5.41) is 0. The van der Waals surface area contributed by atoms with Crippen LogP contribution in [0, 0.1) is 13.8 Å². The average molecular weight is 175 g/mol. The number of benzene rings is 1. The molecule has 2 N–H and O–H groups in total. The van der Waals surface area contributed by atoms with E-state index in [-0.39, 0.29) is 6.04 Å². The highest BCUT2D eigenvalue weighted by atomic mass is 14.6. The van der Waals surface area contributed by atoms with Gasteiger partial charge in [0.05, 0.1) is 0 Å². The Morgan fingerprint density at radius 1 is 1.46 bits per heavy atom. The van der Waals surface area contributed by atoms with E-state index in [1.165, 1.54) is 16.7 Å². The molecule has 0 heterocycles. The molecule has 0 spiro atoms. The van der Waals surface area contributed by atoms with Crippen LogP contribution in [0.15, 0.2) is 30.9 Å². The molecule has 0 aliphatic heterocycles. The topological polar surface area (TPSA) is 26.0 Å². The normalized spacial score (nSPS) is 12.5. The molecule has 1 nitrogen and oxygen atoms in total. The zero-order chi connectivity index (χ0) is 9.84. The second-order valence-corrected chi connectivity index (χ2v) is 3.42. The Morgan fingerprint density at radius 2 is 2.15 bits per heavy atom. The summed E-state index contributed by atoms with van der Waals surface area (Å²) in [6, 6.07) is 6.36. The van der Waals surface area contributed by atoms with Gasteiger partial charge >= 0.3 is 0 Å². The maximum atomic E-state index is 6.00. The van der Waals surface area contributed by atoms with E-state index in [0.717, 1.165) is 6.42 Å². The highest BCUT2D eigenvalue weighted by Crippen LogP contribution is 2.20. The van der Waals surface area contributed by atoms with Crippen molar-refractivity contribution in [1.82, 2.24) is 0 Å². The lowest BCUT2D eigenvalue weighted by Crippen LogP contribution is -2.11. The minimum atomic E-state index is 0.0948. The van der Waals surface area contributed by atoms with Crippen LogP contribution in [0.1, 0.15) is 29.2 Å². The summed E-state index contributed by atoms with van der Waals surface area (Å²) in [5.41, 5.74) is 9.85. The van der Waals surface area contributed by atoms with Crippen LogP contribution in [-0.4, -0.2) is 0 Å². The largest absolute Gasteiger partial charge is 0.324 e. The molecule has 0 amide bonds. The van der Waals surface area contributed by atoms with Gasteiger partial charge in [-0.25, -0.2) is 0 Å². The maximum Gasteiger partial charge on any atom is 0.0332 e. The van der Waals surface area contributed by atoms with Gasteiger partial charge in [0.1, 0.15) is 0 Å². The number of rotatable bonds is 3. The van der Waals surface area contributed by atoms with Gasteiger partial charge in [0, 0.05) is 6.04 Å². The van der Waals surface area contributed by atoms with Crippen LogP contribution in [0.4, 0.5) is 0 Å².